The first kappa shape index (κ1) is 22.1. The van der Waals surface area contributed by atoms with Crippen LogP contribution in [0.2, 0.25) is 0 Å². The predicted octanol–water partition coefficient (Wildman–Crippen LogP) is 10.4. The van der Waals surface area contributed by atoms with Gasteiger partial charge in [-0.15, -0.1) is 0 Å². The summed E-state index contributed by atoms with van der Waals surface area (Å²) in [5.74, 6) is 0. The average Bonchev–Trinajstić information content (AvgIpc) is 3.37. The van der Waals surface area contributed by atoms with E-state index in [1.165, 1.54) is 22.3 Å². The second kappa shape index (κ2) is 9.42. The zero-order chi connectivity index (χ0) is 25.3. The molecule has 0 unspecified atom stereocenters. The van der Waals surface area contributed by atoms with Gasteiger partial charge < -0.3 is 9.32 Å². The molecule has 0 N–H and O–H groups in total. The molecule has 0 atom stereocenters. The third kappa shape index (κ3) is 4.03. The van der Waals surface area contributed by atoms with E-state index in [1.54, 1.807) is 0 Å². The number of anilines is 3. The highest BCUT2D eigenvalue weighted by molar-refractivity contribution is 6.06. The van der Waals surface area contributed by atoms with Crippen LogP contribution in [0.5, 0.6) is 0 Å². The smallest absolute Gasteiger partial charge is 0.135 e. The van der Waals surface area contributed by atoms with E-state index in [2.05, 4.69) is 138 Å². The molecule has 0 saturated carbocycles. The van der Waals surface area contributed by atoms with Crippen molar-refractivity contribution in [3.05, 3.63) is 152 Å². The maximum Gasteiger partial charge on any atom is 0.135 e. The van der Waals surface area contributed by atoms with E-state index in [0.29, 0.717) is 0 Å². The van der Waals surface area contributed by atoms with Gasteiger partial charge in [-0.05, 0) is 76.9 Å². The molecule has 0 aliphatic carbocycles. The lowest BCUT2D eigenvalue weighted by Crippen LogP contribution is -2.09. The first-order chi connectivity index (χ1) is 18.8. The zero-order valence-electron chi connectivity index (χ0n) is 20.8. The number of para-hydroxylation sites is 2. The summed E-state index contributed by atoms with van der Waals surface area (Å²) in [7, 11) is 0. The Balaban J connectivity index is 1.26. The fourth-order valence-corrected chi connectivity index (χ4v) is 5.17. The normalized spacial score (nSPS) is 11.2. The summed E-state index contributed by atoms with van der Waals surface area (Å²) in [4.78, 5) is 2.30. The third-order valence-corrected chi connectivity index (χ3v) is 7.08. The SMILES string of the molecule is c1ccc(-c2ccc(N(c3ccccc3)c3ccc(-c4ccc5oc6ccccc6c5c4)cc3)cc2)cc1. The molecule has 0 aliphatic rings. The van der Waals surface area contributed by atoms with Crippen molar-refractivity contribution in [3.63, 3.8) is 0 Å². The second-order valence-electron chi connectivity index (χ2n) is 9.44. The Labute approximate surface area is 222 Å². The molecule has 0 bridgehead atoms. The molecule has 0 fully saturated rings. The van der Waals surface area contributed by atoms with Gasteiger partial charge in [0, 0.05) is 27.8 Å². The number of hydrogen-bond acceptors (Lipinski definition) is 2. The van der Waals surface area contributed by atoms with Crippen molar-refractivity contribution in [1.29, 1.82) is 0 Å². The highest BCUT2D eigenvalue weighted by Gasteiger charge is 2.13. The molecule has 0 aliphatic heterocycles. The number of furan rings is 1. The van der Waals surface area contributed by atoms with E-state index in [4.69, 9.17) is 4.42 Å². The van der Waals surface area contributed by atoms with Crippen LogP contribution in [0.15, 0.2) is 156 Å². The quantitative estimate of drug-likeness (QED) is 0.240. The lowest BCUT2D eigenvalue weighted by Gasteiger charge is -2.26. The monoisotopic (exact) mass is 487 g/mol. The number of rotatable bonds is 5. The zero-order valence-corrected chi connectivity index (χ0v) is 20.8. The molecule has 0 spiro atoms. The Kier molecular flexibility index (Phi) is 5.49. The van der Waals surface area contributed by atoms with Gasteiger partial charge in [0.2, 0.25) is 0 Å². The minimum Gasteiger partial charge on any atom is -0.456 e. The Morgan fingerprint density at radius 3 is 1.50 bits per heavy atom. The fraction of sp³-hybridized carbons (Fsp3) is 0. The molecule has 7 rings (SSSR count). The third-order valence-electron chi connectivity index (χ3n) is 7.08. The molecule has 7 aromatic rings. The van der Waals surface area contributed by atoms with Crippen molar-refractivity contribution in [1.82, 2.24) is 0 Å². The predicted molar refractivity (Wildman–Crippen MR) is 159 cm³/mol. The average molecular weight is 488 g/mol. The van der Waals surface area contributed by atoms with Crippen LogP contribution in [0.1, 0.15) is 0 Å². The van der Waals surface area contributed by atoms with Crippen LogP contribution in [-0.4, -0.2) is 0 Å². The molecule has 6 aromatic carbocycles. The first-order valence-corrected chi connectivity index (χ1v) is 12.9. The Hall–Kier alpha value is -5.08. The van der Waals surface area contributed by atoms with Crippen molar-refractivity contribution in [2.75, 3.05) is 4.90 Å². The molecule has 38 heavy (non-hydrogen) atoms. The Bertz CT molecular complexity index is 1830. The van der Waals surface area contributed by atoms with Gasteiger partial charge in [0.05, 0.1) is 0 Å². The maximum absolute atomic E-state index is 6.02. The van der Waals surface area contributed by atoms with Gasteiger partial charge in [-0.25, -0.2) is 0 Å². The lowest BCUT2D eigenvalue weighted by molar-refractivity contribution is 0.669. The molecule has 2 nitrogen and oxygen atoms in total. The summed E-state index contributed by atoms with van der Waals surface area (Å²) in [6.07, 6.45) is 0. The topological polar surface area (TPSA) is 16.4 Å². The molecule has 0 amide bonds. The maximum atomic E-state index is 6.02. The highest BCUT2D eigenvalue weighted by Crippen LogP contribution is 2.37. The molecular formula is C36H25NO. The molecule has 2 heteroatoms. The van der Waals surface area contributed by atoms with E-state index in [9.17, 15) is 0 Å². The van der Waals surface area contributed by atoms with E-state index < -0.39 is 0 Å². The first-order valence-electron chi connectivity index (χ1n) is 12.9. The van der Waals surface area contributed by atoms with Crippen LogP contribution < -0.4 is 4.90 Å². The number of hydrogen-bond donors (Lipinski definition) is 0. The van der Waals surface area contributed by atoms with Gasteiger partial charge in [0.1, 0.15) is 11.2 Å². The molecular weight excluding hydrogens is 462 g/mol. The van der Waals surface area contributed by atoms with Gasteiger partial charge in [0.15, 0.2) is 0 Å². The summed E-state index contributed by atoms with van der Waals surface area (Å²) in [5, 5.41) is 2.29. The van der Waals surface area contributed by atoms with Crippen LogP contribution >= 0.6 is 0 Å². The summed E-state index contributed by atoms with van der Waals surface area (Å²) in [6, 6.07) is 53.2. The van der Waals surface area contributed by atoms with Gasteiger partial charge in [0.25, 0.3) is 0 Å². The minimum absolute atomic E-state index is 0.917. The molecule has 180 valence electrons. The van der Waals surface area contributed by atoms with Gasteiger partial charge >= 0.3 is 0 Å². The Morgan fingerprint density at radius 2 is 0.816 bits per heavy atom. The molecule has 0 radical (unpaired) electrons. The van der Waals surface area contributed by atoms with Gasteiger partial charge in [-0.1, -0.05) is 97.1 Å². The number of benzene rings is 6. The van der Waals surface area contributed by atoms with Crippen molar-refractivity contribution in [3.8, 4) is 22.3 Å². The summed E-state index contributed by atoms with van der Waals surface area (Å²) >= 11 is 0. The largest absolute Gasteiger partial charge is 0.456 e. The van der Waals surface area contributed by atoms with E-state index in [1.807, 2.05) is 18.2 Å². The standard InChI is InChI=1S/C36H25NO/c1-3-9-26(10-4-1)27-15-20-31(21-16-27)37(30-11-5-2-6-12-30)32-22-17-28(18-23-32)29-19-24-36-34(25-29)33-13-7-8-14-35(33)38-36/h1-25H. The summed E-state index contributed by atoms with van der Waals surface area (Å²) in [5.41, 5.74) is 9.98. The van der Waals surface area contributed by atoms with Crippen molar-refractivity contribution in [2.45, 2.75) is 0 Å². The summed E-state index contributed by atoms with van der Waals surface area (Å²) < 4.78 is 6.02. The molecule has 1 aromatic heterocycles. The lowest BCUT2D eigenvalue weighted by atomic mass is 10.0. The molecule has 1 heterocycles. The van der Waals surface area contributed by atoms with E-state index in [0.717, 1.165) is 39.0 Å². The number of fused-ring (bicyclic) bond motifs is 3. The number of nitrogens with zero attached hydrogens (tertiary/aromatic N) is 1. The van der Waals surface area contributed by atoms with Gasteiger partial charge in [-0.2, -0.15) is 0 Å². The van der Waals surface area contributed by atoms with Crippen LogP contribution in [-0.2, 0) is 0 Å². The van der Waals surface area contributed by atoms with E-state index >= 15 is 0 Å². The Morgan fingerprint density at radius 1 is 0.342 bits per heavy atom. The van der Waals surface area contributed by atoms with Crippen molar-refractivity contribution >= 4 is 39.0 Å². The minimum atomic E-state index is 0.917. The highest BCUT2D eigenvalue weighted by atomic mass is 16.3. The van der Waals surface area contributed by atoms with Crippen LogP contribution in [0.3, 0.4) is 0 Å². The van der Waals surface area contributed by atoms with Crippen molar-refractivity contribution in [2.24, 2.45) is 0 Å². The summed E-state index contributed by atoms with van der Waals surface area (Å²) in [6.45, 7) is 0. The van der Waals surface area contributed by atoms with Crippen LogP contribution in [0.4, 0.5) is 17.1 Å². The van der Waals surface area contributed by atoms with E-state index in [-0.39, 0.29) is 0 Å². The fourth-order valence-electron chi connectivity index (χ4n) is 5.17. The molecule has 0 saturated heterocycles. The van der Waals surface area contributed by atoms with Gasteiger partial charge in [-0.3, -0.25) is 0 Å². The van der Waals surface area contributed by atoms with Crippen LogP contribution in [0.25, 0.3) is 44.2 Å². The van der Waals surface area contributed by atoms with Crippen molar-refractivity contribution < 1.29 is 4.42 Å². The second-order valence-corrected chi connectivity index (χ2v) is 9.44. The van der Waals surface area contributed by atoms with Crippen LogP contribution in [0, 0.1) is 0 Å².